The van der Waals surface area contributed by atoms with E-state index >= 15 is 0 Å². The zero-order valence-corrected chi connectivity index (χ0v) is 39.2. The average Bonchev–Trinajstić information content (AvgIpc) is 4.35. The Bertz CT molecular complexity index is 3310. The standard InChI is InChI=1S/C25H20N6O2.C17H12BrN5O.C8H10BNO3/c1-27-24(32)18-5-3-17(4-6-18)21-15-29-30-11-10-19(12-22(21)30)25(33)31(20-7-8-20)23-9-2-16(13-26)14-28-23;18-14-10-21-22-6-5-12(7-15(14)22)17(24)23(13-2-3-13)16-4-1-11(8-19)9-20-16;1-10-8(11)6-2-4-7(5-3-6)9(12)13/h2-6,9-12,14-15,20H,7-8H2,1H3,(H,27,32);1,4-7,9-10,13H,2-3H2;2-5,12-13H,1H3,(H,10,11). The molecule has 6 aromatic heterocycles. The van der Waals surface area contributed by atoms with Crippen LogP contribution in [0.25, 0.3) is 22.2 Å². The van der Waals surface area contributed by atoms with E-state index in [9.17, 15) is 19.2 Å². The molecule has 0 aliphatic heterocycles. The summed E-state index contributed by atoms with van der Waals surface area (Å²) in [5, 5.41) is 49.1. The molecule has 6 heterocycles. The van der Waals surface area contributed by atoms with Crippen molar-refractivity contribution in [1.82, 2.24) is 39.8 Å². The predicted molar refractivity (Wildman–Crippen MR) is 264 cm³/mol. The number of fused-ring (bicyclic) bond motifs is 2. The number of aromatic nitrogens is 6. The maximum Gasteiger partial charge on any atom is 0.488 e. The van der Waals surface area contributed by atoms with E-state index in [0.29, 0.717) is 50.5 Å². The summed E-state index contributed by atoms with van der Waals surface area (Å²) in [6, 6.07) is 31.6. The van der Waals surface area contributed by atoms with Gasteiger partial charge in [0.25, 0.3) is 23.6 Å². The van der Waals surface area contributed by atoms with Crippen LogP contribution < -0.4 is 25.9 Å². The van der Waals surface area contributed by atoms with Gasteiger partial charge in [0.05, 0.1) is 39.0 Å². The number of amides is 4. The van der Waals surface area contributed by atoms with Crippen molar-refractivity contribution in [3.8, 4) is 23.3 Å². The maximum atomic E-state index is 13.5. The summed E-state index contributed by atoms with van der Waals surface area (Å²) in [4.78, 5) is 61.5. The van der Waals surface area contributed by atoms with E-state index < -0.39 is 7.12 Å². The van der Waals surface area contributed by atoms with Gasteiger partial charge < -0.3 is 20.7 Å². The highest BCUT2D eigenvalue weighted by molar-refractivity contribution is 9.10. The molecule has 20 heteroatoms. The number of rotatable bonds is 10. The van der Waals surface area contributed by atoms with E-state index in [1.165, 1.54) is 43.7 Å². The first kappa shape index (κ1) is 47.9. The summed E-state index contributed by atoms with van der Waals surface area (Å²) in [6.07, 6.45) is 13.7. The molecule has 2 aromatic carbocycles. The summed E-state index contributed by atoms with van der Waals surface area (Å²) in [7, 11) is 1.65. The number of nitrogens with one attached hydrogen (secondary N) is 2. The zero-order chi connectivity index (χ0) is 49.5. The Hall–Kier alpha value is -8.56. The first-order valence-electron chi connectivity index (χ1n) is 21.9. The lowest BCUT2D eigenvalue weighted by molar-refractivity contribution is 0.0955. The van der Waals surface area contributed by atoms with Crippen LogP contribution in [0.4, 0.5) is 11.6 Å². The van der Waals surface area contributed by atoms with Gasteiger partial charge in [-0.05, 0) is 125 Å². The van der Waals surface area contributed by atoms with Crippen LogP contribution in [0.3, 0.4) is 0 Å². The Morgan fingerprint density at radius 1 is 0.629 bits per heavy atom. The molecule has 4 N–H and O–H groups in total. The first-order chi connectivity index (χ1) is 33.9. The Balaban J connectivity index is 0.000000155. The number of benzene rings is 2. The number of hydrogen-bond donors (Lipinski definition) is 4. The largest absolute Gasteiger partial charge is 0.488 e. The van der Waals surface area contributed by atoms with Gasteiger partial charge in [0.1, 0.15) is 23.8 Å². The molecule has 8 aromatic rings. The van der Waals surface area contributed by atoms with Crippen LogP contribution in [0.2, 0.25) is 0 Å². The second kappa shape index (κ2) is 21.2. The monoisotopic (exact) mass is 996 g/mol. The Kier molecular flexibility index (Phi) is 14.5. The van der Waals surface area contributed by atoms with Gasteiger partial charge in [0.15, 0.2) is 0 Å². The highest BCUT2D eigenvalue weighted by Gasteiger charge is 2.36. The van der Waals surface area contributed by atoms with Gasteiger partial charge in [-0.2, -0.15) is 20.7 Å². The van der Waals surface area contributed by atoms with Crippen LogP contribution >= 0.6 is 15.9 Å². The lowest BCUT2D eigenvalue weighted by Crippen LogP contribution is -2.33. The van der Waals surface area contributed by atoms with Crippen LogP contribution in [-0.2, 0) is 0 Å². The molecule has 2 fully saturated rings. The number of anilines is 2. The third-order valence-corrected chi connectivity index (χ3v) is 12.0. The minimum atomic E-state index is -1.49. The van der Waals surface area contributed by atoms with E-state index in [-0.39, 0.29) is 35.7 Å². The predicted octanol–water partition coefficient (Wildman–Crippen LogP) is 5.34. The van der Waals surface area contributed by atoms with Crippen molar-refractivity contribution in [2.24, 2.45) is 0 Å². The van der Waals surface area contributed by atoms with Gasteiger partial charge >= 0.3 is 7.12 Å². The van der Waals surface area contributed by atoms with Crippen molar-refractivity contribution >= 4 is 74.8 Å². The molecule has 0 unspecified atom stereocenters. The van der Waals surface area contributed by atoms with Crippen LogP contribution in [0, 0.1) is 22.7 Å². The van der Waals surface area contributed by atoms with Crippen molar-refractivity contribution in [1.29, 1.82) is 10.5 Å². The fourth-order valence-electron chi connectivity index (χ4n) is 7.36. The number of pyridine rings is 4. The third kappa shape index (κ3) is 10.7. The summed E-state index contributed by atoms with van der Waals surface area (Å²) >= 11 is 3.44. The normalized spacial score (nSPS) is 12.5. The quantitative estimate of drug-likeness (QED) is 0.127. The van der Waals surface area contributed by atoms with E-state index in [4.69, 9.17) is 20.6 Å². The van der Waals surface area contributed by atoms with E-state index in [1.807, 2.05) is 30.3 Å². The summed E-state index contributed by atoms with van der Waals surface area (Å²) < 4.78 is 4.27. The molecule has 4 amide bonds. The number of carbonyl (C=O) groups excluding carboxylic acids is 4. The SMILES string of the molecule is CNC(=O)c1ccc(-c2cnn3ccc(C(=O)N(c4ccc(C#N)cn4)C4CC4)cc23)cc1.CNC(=O)c1ccc(B(O)O)cc1.N#Cc1ccc(N(C(=O)c2ccn3ncc(Br)c3c2)C2CC2)nc1. The Morgan fingerprint density at radius 2 is 1.09 bits per heavy atom. The first-order valence-corrected chi connectivity index (χ1v) is 22.7. The molecule has 0 spiro atoms. The molecule has 0 saturated heterocycles. The maximum absolute atomic E-state index is 13.5. The molecule has 70 heavy (non-hydrogen) atoms. The molecule has 18 nitrogen and oxygen atoms in total. The van der Waals surface area contributed by atoms with Crippen molar-refractivity contribution < 1.29 is 29.2 Å². The summed E-state index contributed by atoms with van der Waals surface area (Å²) in [5.74, 6) is 0.545. The Labute approximate surface area is 409 Å². The summed E-state index contributed by atoms with van der Waals surface area (Å²) in [6.45, 7) is 0. The third-order valence-electron chi connectivity index (χ3n) is 11.4. The van der Waals surface area contributed by atoms with Crippen molar-refractivity contribution in [2.45, 2.75) is 37.8 Å². The van der Waals surface area contributed by atoms with Gasteiger partial charge in [-0.15, -0.1) is 0 Å². The Morgan fingerprint density at radius 3 is 1.51 bits per heavy atom. The molecule has 0 bridgehead atoms. The fourth-order valence-corrected chi connectivity index (χ4v) is 7.75. The molecule has 0 radical (unpaired) electrons. The molecule has 2 aliphatic rings. The lowest BCUT2D eigenvalue weighted by Gasteiger charge is -2.21. The molecule has 2 saturated carbocycles. The molecule has 0 atom stereocenters. The van der Waals surface area contributed by atoms with Crippen molar-refractivity contribution in [2.75, 3.05) is 23.9 Å². The zero-order valence-electron chi connectivity index (χ0n) is 37.6. The van der Waals surface area contributed by atoms with Gasteiger partial charge in [-0.25, -0.2) is 19.0 Å². The van der Waals surface area contributed by atoms with Gasteiger partial charge in [0, 0.05) is 78.8 Å². The smallest absolute Gasteiger partial charge is 0.423 e. The van der Waals surface area contributed by atoms with Crippen LogP contribution in [-0.4, -0.2) is 96.2 Å². The topological polar surface area (TPSA) is 247 Å². The number of halogens is 1. The number of hydrogen-bond acceptors (Lipinski definition) is 12. The van der Waals surface area contributed by atoms with Gasteiger partial charge in [-0.1, -0.05) is 24.3 Å². The van der Waals surface area contributed by atoms with E-state index in [1.54, 1.807) is 99.2 Å². The molecule has 2 aliphatic carbocycles. The van der Waals surface area contributed by atoms with Gasteiger partial charge in [-0.3, -0.25) is 29.0 Å². The minimum absolute atomic E-state index is 0.0923. The van der Waals surface area contributed by atoms with E-state index in [0.717, 1.165) is 52.3 Å². The second-order valence-corrected chi connectivity index (χ2v) is 17.0. The van der Waals surface area contributed by atoms with Crippen molar-refractivity contribution in [3.05, 3.63) is 172 Å². The average molecular weight is 998 g/mol. The number of carbonyl (C=O) groups is 4. The number of nitrogens with zero attached hydrogens (tertiary/aromatic N) is 10. The van der Waals surface area contributed by atoms with E-state index in [2.05, 4.69) is 52.8 Å². The fraction of sp³-hybridized carbons (Fsp3) is 0.160. The number of nitriles is 2. The lowest BCUT2D eigenvalue weighted by atomic mass is 9.80. The van der Waals surface area contributed by atoms with Crippen LogP contribution in [0.15, 0.2) is 139 Å². The minimum Gasteiger partial charge on any atom is -0.423 e. The van der Waals surface area contributed by atoms with Gasteiger partial charge in [0.2, 0.25) is 0 Å². The highest BCUT2D eigenvalue weighted by atomic mass is 79.9. The summed E-state index contributed by atoms with van der Waals surface area (Å²) in [5.41, 5.74) is 6.87. The molecular weight excluding hydrogens is 955 g/mol. The molecule has 348 valence electrons. The second-order valence-electron chi connectivity index (χ2n) is 16.1. The van der Waals surface area contributed by atoms with Crippen LogP contribution in [0.5, 0.6) is 0 Å². The highest BCUT2D eigenvalue weighted by Crippen LogP contribution is 2.34. The molecule has 10 rings (SSSR count). The van der Waals surface area contributed by atoms with Crippen LogP contribution in [0.1, 0.15) is 78.2 Å². The molecular formula is C50H42BBrN12O6. The van der Waals surface area contributed by atoms with Crippen molar-refractivity contribution in [3.63, 3.8) is 0 Å².